The molecule has 11 heavy (non-hydrogen) atoms. The van der Waals surface area contributed by atoms with E-state index in [9.17, 15) is 13.2 Å². The normalized spacial score (nSPS) is 14.5. The van der Waals surface area contributed by atoms with E-state index in [1.807, 2.05) is 0 Å². The zero-order chi connectivity index (χ0) is 9.07. The van der Waals surface area contributed by atoms with Gasteiger partial charge in [0.2, 0.25) is 10.0 Å². The van der Waals surface area contributed by atoms with Crippen molar-refractivity contribution in [1.82, 2.24) is 4.72 Å². The van der Waals surface area contributed by atoms with Gasteiger partial charge in [-0.1, -0.05) is 0 Å². The number of carbonyl (C=O) groups is 1. The van der Waals surface area contributed by atoms with Crippen molar-refractivity contribution >= 4 is 15.8 Å². The Hall–Kier alpha value is -0.420. The average Bonchev–Trinajstić information content (AvgIpc) is 1.87. The summed E-state index contributed by atoms with van der Waals surface area (Å²) in [5.74, 6) is -0.174. The maximum atomic E-state index is 10.9. The summed E-state index contributed by atoms with van der Waals surface area (Å²) in [6.45, 7) is 4.40. The maximum absolute atomic E-state index is 10.9. The van der Waals surface area contributed by atoms with Crippen LogP contribution in [0, 0.1) is 0 Å². The van der Waals surface area contributed by atoms with Crippen molar-refractivity contribution in [3.8, 4) is 0 Å². The number of hydrogen-bond donors (Lipinski definition) is 1. The van der Waals surface area contributed by atoms with Crippen LogP contribution in [0.5, 0.6) is 0 Å². The predicted molar refractivity (Wildman–Crippen MR) is 42.7 cm³/mol. The third-order valence-electron chi connectivity index (χ3n) is 1.35. The Morgan fingerprint density at radius 1 is 1.55 bits per heavy atom. The summed E-state index contributed by atoms with van der Waals surface area (Å²) in [4.78, 5) is 10.6. The monoisotopic (exact) mass is 179 g/mol. The number of nitrogens with one attached hydrogen (secondary N) is 1. The van der Waals surface area contributed by atoms with Gasteiger partial charge >= 0.3 is 0 Å². The van der Waals surface area contributed by atoms with Gasteiger partial charge in [-0.3, -0.25) is 4.79 Å². The van der Waals surface area contributed by atoms with E-state index in [4.69, 9.17) is 0 Å². The van der Waals surface area contributed by atoms with E-state index in [0.717, 1.165) is 0 Å². The van der Waals surface area contributed by atoms with Crippen molar-refractivity contribution in [3.63, 3.8) is 0 Å². The fourth-order valence-corrected chi connectivity index (χ4v) is 1.31. The van der Waals surface area contributed by atoms with E-state index in [0.29, 0.717) is 0 Å². The SMILES string of the molecule is CCS(=O)(=O)NC(C)C(C)=O. The van der Waals surface area contributed by atoms with E-state index >= 15 is 0 Å². The van der Waals surface area contributed by atoms with Crippen molar-refractivity contribution in [2.75, 3.05) is 5.75 Å². The van der Waals surface area contributed by atoms with Gasteiger partial charge in [-0.05, 0) is 20.8 Å². The van der Waals surface area contributed by atoms with Crippen LogP contribution in [0.3, 0.4) is 0 Å². The van der Waals surface area contributed by atoms with Crippen LogP contribution in [0.4, 0.5) is 0 Å². The molecule has 0 aliphatic rings. The number of rotatable bonds is 4. The molecule has 1 N–H and O–H groups in total. The molecule has 0 aliphatic heterocycles. The van der Waals surface area contributed by atoms with E-state index in [1.165, 1.54) is 20.8 Å². The van der Waals surface area contributed by atoms with Crippen LogP contribution in [-0.2, 0) is 14.8 Å². The first kappa shape index (κ1) is 10.6. The molecule has 0 aromatic carbocycles. The van der Waals surface area contributed by atoms with Gasteiger partial charge in [0.1, 0.15) is 5.78 Å². The van der Waals surface area contributed by atoms with Gasteiger partial charge in [-0.25, -0.2) is 13.1 Å². The van der Waals surface area contributed by atoms with Crippen LogP contribution in [0.2, 0.25) is 0 Å². The van der Waals surface area contributed by atoms with Crippen LogP contribution >= 0.6 is 0 Å². The number of carbonyl (C=O) groups excluding carboxylic acids is 1. The number of sulfonamides is 1. The van der Waals surface area contributed by atoms with Gasteiger partial charge in [-0.2, -0.15) is 0 Å². The maximum Gasteiger partial charge on any atom is 0.211 e. The Morgan fingerprint density at radius 2 is 2.00 bits per heavy atom. The zero-order valence-electron chi connectivity index (χ0n) is 6.92. The fourth-order valence-electron chi connectivity index (χ4n) is 0.436. The summed E-state index contributed by atoms with van der Waals surface area (Å²) in [6.07, 6.45) is 0. The third kappa shape index (κ3) is 4.10. The molecular weight excluding hydrogens is 166 g/mol. The highest BCUT2D eigenvalue weighted by Crippen LogP contribution is 1.89. The second-order valence-electron chi connectivity index (χ2n) is 2.35. The Labute approximate surface area is 67.0 Å². The quantitative estimate of drug-likeness (QED) is 0.655. The molecule has 0 heterocycles. The Morgan fingerprint density at radius 3 is 2.27 bits per heavy atom. The molecule has 1 unspecified atom stereocenters. The summed E-state index contributed by atoms with van der Waals surface area (Å²) in [7, 11) is -3.23. The average molecular weight is 179 g/mol. The standard InChI is InChI=1S/C6H13NO3S/c1-4-11(9,10)7-5(2)6(3)8/h5,7H,4H2,1-3H3. The molecule has 0 aromatic heterocycles. The molecule has 0 saturated heterocycles. The summed E-state index contributed by atoms with van der Waals surface area (Å²) in [5.41, 5.74) is 0. The lowest BCUT2D eigenvalue weighted by Crippen LogP contribution is -2.38. The van der Waals surface area contributed by atoms with E-state index in [1.54, 1.807) is 0 Å². The molecule has 0 amide bonds. The van der Waals surface area contributed by atoms with Crippen LogP contribution in [0.25, 0.3) is 0 Å². The van der Waals surface area contributed by atoms with Gasteiger partial charge in [0.15, 0.2) is 0 Å². The van der Waals surface area contributed by atoms with Crippen LogP contribution in [-0.4, -0.2) is 26.0 Å². The first-order valence-electron chi connectivity index (χ1n) is 3.39. The minimum Gasteiger partial charge on any atom is -0.298 e. The molecule has 66 valence electrons. The molecule has 0 spiro atoms. The molecule has 0 rings (SSSR count). The Bertz CT molecular complexity index is 232. The first-order chi connectivity index (χ1) is 4.89. The molecule has 0 fully saturated rings. The van der Waals surface area contributed by atoms with Crippen molar-refractivity contribution < 1.29 is 13.2 Å². The van der Waals surface area contributed by atoms with Crippen LogP contribution in [0.1, 0.15) is 20.8 Å². The fraction of sp³-hybridized carbons (Fsp3) is 0.833. The molecule has 0 bridgehead atoms. The van der Waals surface area contributed by atoms with Crippen molar-refractivity contribution in [3.05, 3.63) is 0 Å². The highest BCUT2D eigenvalue weighted by molar-refractivity contribution is 7.89. The molecular formula is C6H13NO3S. The molecule has 0 aliphatic carbocycles. The van der Waals surface area contributed by atoms with Gasteiger partial charge in [0.25, 0.3) is 0 Å². The first-order valence-corrected chi connectivity index (χ1v) is 5.04. The minimum absolute atomic E-state index is 0.00458. The molecule has 0 radical (unpaired) electrons. The smallest absolute Gasteiger partial charge is 0.211 e. The minimum atomic E-state index is -3.23. The second-order valence-corrected chi connectivity index (χ2v) is 4.40. The van der Waals surface area contributed by atoms with Gasteiger partial charge in [0.05, 0.1) is 11.8 Å². The van der Waals surface area contributed by atoms with Gasteiger partial charge in [-0.15, -0.1) is 0 Å². The predicted octanol–water partition coefficient (Wildman–Crippen LogP) is -0.0968. The molecule has 0 aromatic rings. The van der Waals surface area contributed by atoms with Gasteiger partial charge in [0, 0.05) is 0 Å². The highest BCUT2D eigenvalue weighted by Gasteiger charge is 2.14. The van der Waals surface area contributed by atoms with Crippen molar-refractivity contribution in [1.29, 1.82) is 0 Å². The highest BCUT2D eigenvalue weighted by atomic mass is 32.2. The molecule has 0 saturated carbocycles. The lowest BCUT2D eigenvalue weighted by Gasteiger charge is -2.08. The van der Waals surface area contributed by atoms with Crippen LogP contribution in [0.15, 0.2) is 0 Å². The van der Waals surface area contributed by atoms with Gasteiger partial charge < -0.3 is 0 Å². The third-order valence-corrected chi connectivity index (χ3v) is 2.82. The molecule has 4 nitrogen and oxygen atoms in total. The number of Topliss-reactive ketones (excluding diaryl/α,β-unsaturated/α-hetero) is 1. The summed E-state index contributed by atoms with van der Waals surface area (Å²) >= 11 is 0. The summed E-state index contributed by atoms with van der Waals surface area (Å²) in [6, 6.07) is -0.611. The molecule has 1 atom stereocenters. The lowest BCUT2D eigenvalue weighted by atomic mass is 10.3. The van der Waals surface area contributed by atoms with E-state index in [-0.39, 0.29) is 11.5 Å². The van der Waals surface area contributed by atoms with Crippen molar-refractivity contribution in [2.45, 2.75) is 26.8 Å². The Kier molecular flexibility index (Phi) is 3.68. The second kappa shape index (κ2) is 3.82. The number of ketones is 1. The van der Waals surface area contributed by atoms with E-state index < -0.39 is 16.1 Å². The zero-order valence-corrected chi connectivity index (χ0v) is 7.73. The lowest BCUT2D eigenvalue weighted by molar-refractivity contribution is -0.118. The Balaban J connectivity index is 4.16. The van der Waals surface area contributed by atoms with Crippen molar-refractivity contribution in [2.24, 2.45) is 0 Å². The van der Waals surface area contributed by atoms with Crippen LogP contribution < -0.4 is 4.72 Å². The summed E-state index contributed by atoms with van der Waals surface area (Å²) in [5, 5.41) is 0. The summed E-state index contributed by atoms with van der Waals surface area (Å²) < 4.78 is 23.9. The molecule has 5 heteroatoms. The number of hydrogen-bond acceptors (Lipinski definition) is 3. The largest absolute Gasteiger partial charge is 0.298 e. The topological polar surface area (TPSA) is 63.2 Å². The van der Waals surface area contributed by atoms with E-state index in [2.05, 4.69) is 4.72 Å².